The standard InChI is InChI=1S/C16H22/c1-6-10-13-16(12-8-3)14(5)15(9-4)11-7-2/h6-14H,2,4H2,1,3,5H3/b10-6-,12-8-,15-11+,16-13+. The summed E-state index contributed by atoms with van der Waals surface area (Å²) in [5.41, 5.74) is 2.46. The van der Waals surface area contributed by atoms with Crippen molar-refractivity contribution in [1.29, 1.82) is 0 Å². The lowest BCUT2D eigenvalue weighted by Gasteiger charge is -2.13. The van der Waals surface area contributed by atoms with Crippen molar-refractivity contribution in [1.82, 2.24) is 0 Å². The molecule has 0 heterocycles. The summed E-state index contributed by atoms with van der Waals surface area (Å²) in [5, 5.41) is 0. The van der Waals surface area contributed by atoms with E-state index in [1.807, 2.05) is 32.1 Å². The van der Waals surface area contributed by atoms with Gasteiger partial charge in [0.05, 0.1) is 0 Å². The molecule has 0 heteroatoms. The minimum absolute atomic E-state index is 0.336. The van der Waals surface area contributed by atoms with Gasteiger partial charge in [0.15, 0.2) is 0 Å². The zero-order valence-corrected chi connectivity index (χ0v) is 10.6. The predicted molar refractivity (Wildman–Crippen MR) is 75.4 cm³/mol. The SMILES string of the molecule is C=C/C=C(\C=C)C(C)C(/C=C\C)=C/C=C\C. The zero-order valence-electron chi connectivity index (χ0n) is 10.6. The van der Waals surface area contributed by atoms with E-state index < -0.39 is 0 Å². The van der Waals surface area contributed by atoms with E-state index in [-0.39, 0.29) is 0 Å². The van der Waals surface area contributed by atoms with Crippen LogP contribution in [0, 0.1) is 5.92 Å². The first-order chi connectivity index (χ1) is 7.71. The Morgan fingerprint density at radius 1 is 1.00 bits per heavy atom. The van der Waals surface area contributed by atoms with Gasteiger partial charge in [0, 0.05) is 5.92 Å². The monoisotopic (exact) mass is 214 g/mol. The molecular formula is C16H22. The van der Waals surface area contributed by atoms with E-state index in [0.717, 1.165) is 0 Å². The van der Waals surface area contributed by atoms with E-state index in [9.17, 15) is 0 Å². The summed E-state index contributed by atoms with van der Waals surface area (Å²) in [4.78, 5) is 0. The molecule has 0 aromatic carbocycles. The molecule has 0 aromatic heterocycles. The molecular weight excluding hydrogens is 192 g/mol. The summed E-state index contributed by atoms with van der Waals surface area (Å²) < 4.78 is 0. The molecule has 0 N–H and O–H groups in total. The van der Waals surface area contributed by atoms with E-state index in [4.69, 9.17) is 0 Å². The first kappa shape index (κ1) is 14.4. The van der Waals surface area contributed by atoms with Crippen molar-refractivity contribution in [3.63, 3.8) is 0 Å². The van der Waals surface area contributed by atoms with Crippen LogP contribution in [0.25, 0.3) is 0 Å². The van der Waals surface area contributed by atoms with Crippen LogP contribution in [0.15, 0.2) is 72.9 Å². The molecule has 0 spiro atoms. The Balaban J connectivity index is 5.13. The van der Waals surface area contributed by atoms with Gasteiger partial charge in [0.2, 0.25) is 0 Å². The van der Waals surface area contributed by atoms with Crippen LogP contribution in [0.5, 0.6) is 0 Å². The van der Waals surface area contributed by atoms with Crippen LogP contribution in [0.4, 0.5) is 0 Å². The van der Waals surface area contributed by atoms with Gasteiger partial charge in [-0.2, -0.15) is 0 Å². The predicted octanol–water partition coefficient (Wildman–Crippen LogP) is 5.00. The van der Waals surface area contributed by atoms with Gasteiger partial charge in [0.25, 0.3) is 0 Å². The van der Waals surface area contributed by atoms with Crippen LogP contribution in [-0.4, -0.2) is 0 Å². The third kappa shape index (κ3) is 4.79. The van der Waals surface area contributed by atoms with E-state index >= 15 is 0 Å². The first-order valence-electron chi connectivity index (χ1n) is 5.61. The number of rotatable bonds is 6. The second-order valence-corrected chi connectivity index (χ2v) is 3.52. The van der Waals surface area contributed by atoms with Crippen molar-refractivity contribution < 1.29 is 0 Å². The molecule has 16 heavy (non-hydrogen) atoms. The highest BCUT2D eigenvalue weighted by molar-refractivity contribution is 5.37. The minimum Gasteiger partial charge on any atom is -0.0991 e. The van der Waals surface area contributed by atoms with Crippen LogP contribution in [0.3, 0.4) is 0 Å². The van der Waals surface area contributed by atoms with Crippen LogP contribution in [0.2, 0.25) is 0 Å². The van der Waals surface area contributed by atoms with E-state index in [1.165, 1.54) is 11.1 Å². The molecule has 0 aliphatic rings. The van der Waals surface area contributed by atoms with Gasteiger partial charge in [0.1, 0.15) is 0 Å². The smallest absolute Gasteiger partial charge is 0.00606 e. The van der Waals surface area contributed by atoms with Crippen LogP contribution < -0.4 is 0 Å². The number of allylic oxidation sites excluding steroid dienone is 10. The molecule has 0 saturated carbocycles. The molecule has 0 aliphatic heterocycles. The largest absolute Gasteiger partial charge is 0.0991 e. The molecule has 0 radical (unpaired) electrons. The van der Waals surface area contributed by atoms with Gasteiger partial charge >= 0.3 is 0 Å². The summed E-state index contributed by atoms with van der Waals surface area (Å²) >= 11 is 0. The van der Waals surface area contributed by atoms with Crippen molar-refractivity contribution in [2.45, 2.75) is 20.8 Å². The van der Waals surface area contributed by atoms with Crippen molar-refractivity contribution in [2.24, 2.45) is 5.92 Å². The molecule has 1 atom stereocenters. The fourth-order valence-electron chi connectivity index (χ4n) is 1.46. The maximum atomic E-state index is 3.84. The Morgan fingerprint density at radius 3 is 2.12 bits per heavy atom. The van der Waals surface area contributed by atoms with Crippen molar-refractivity contribution in [3.05, 3.63) is 72.9 Å². The molecule has 0 bridgehead atoms. The second-order valence-electron chi connectivity index (χ2n) is 3.52. The van der Waals surface area contributed by atoms with E-state index in [1.54, 1.807) is 6.08 Å². The maximum Gasteiger partial charge on any atom is 0.00606 e. The van der Waals surface area contributed by atoms with Gasteiger partial charge in [-0.15, -0.1) is 0 Å². The Morgan fingerprint density at radius 2 is 1.69 bits per heavy atom. The van der Waals surface area contributed by atoms with Gasteiger partial charge in [-0.25, -0.2) is 0 Å². The Labute approximate surface area is 100 Å². The molecule has 86 valence electrons. The lowest BCUT2D eigenvalue weighted by Crippen LogP contribution is -1.99. The molecule has 0 nitrogen and oxygen atoms in total. The third-order valence-corrected chi connectivity index (χ3v) is 2.39. The molecule has 0 fully saturated rings. The lowest BCUT2D eigenvalue weighted by atomic mass is 9.91. The maximum absolute atomic E-state index is 3.84. The number of hydrogen-bond acceptors (Lipinski definition) is 0. The van der Waals surface area contributed by atoms with Crippen molar-refractivity contribution in [3.8, 4) is 0 Å². The van der Waals surface area contributed by atoms with E-state index in [0.29, 0.717) is 5.92 Å². The molecule has 0 aromatic rings. The summed E-state index contributed by atoms with van der Waals surface area (Å²) in [6, 6.07) is 0. The normalized spacial score (nSPS) is 15.7. The Hall–Kier alpha value is -1.56. The first-order valence-corrected chi connectivity index (χ1v) is 5.61. The average molecular weight is 214 g/mol. The highest BCUT2D eigenvalue weighted by Gasteiger charge is 2.07. The highest BCUT2D eigenvalue weighted by Crippen LogP contribution is 2.22. The topological polar surface area (TPSA) is 0 Å². The molecule has 0 rings (SSSR count). The van der Waals surface area contributed by atoms with Gasteiger partial charge < -0.3 is 0 Å². The highest BCUT2D eigenvalue weighted by atomic mass is 14.1. The van der Waals surface area contributed by atoms with E-state index in [2.05, 4.69) is 44.4 Å². The molecule has 0 saturated heterocycles. The summed E-state index contributed by atoms with van der Waals surface area (Å²) in [6.45, 7) is 13.8. The third-order valence-electron chi connectivity index (χ3n) is 2.39. The Kier molecular flexibility index (Phi) is 7.87. The average Bonchev–Trinajstić information content (AvgIpc) is 2.30. The van der Waals surface area contributed by atoms with Gasteiger partial charge in [-0.1, -0.05) is 68.7 Å². The van der Waals surface area contributed by atoms with Gasteiger partial charge in [-0.3, -0.25) is 0 Å². The van der Waals surface area contributed by atoms with Gasteiger partial charge in [-0.05, 0) is 25.0 Å². The fourth-order valence-corrected chi connectivity index (χ4v) is 1.46. The van der Waals surface area contributed by atoms with Crippen LogP contribution >= 0.6 is 0 Å². The summed E-state index contributed by atoms with van der Waals surface area (Å²) in [7, 11) is 0. The second kappa shape index (κ2) is 8.72. The quantitative estimate of drug-likeness (QED) is 0.546. The summed E-state index contributed by atoms with van der Waals surface area (Å²) in [5.74, 6) is 0.336. The molecule has 0 aliphatic carbocycles. The molecule has 1 unspecified atom stereocenters. The minimum atomic E-state index is 0.336. The van der Waals surface area contributed by atoms with Crippen LogP contribution in [-0.2, 0) is 0 Å². The van der Waals surface area contributed by atoms with Crippen LogP contribution in [0.1, 0.15) is 20.8 Å². The fraction of sp³-hybridized carbons (Fsp3) is 0.250. The van der Waals surface area contributed by atoms with Crippen molar-refractivity contribution in [2.75, 3.05) is 0 Å². The Bertz CT molecular complexity index is 335. The lowest BCUT2D eigenvalue weighted by molar-refractivity contribution is 0.848. The van der Waals surface area contributed by atoms with Crippen molar-refractivity contribution >= 4 is 0 Å². The molecule has 0 amide bonds. The number of hydrogen-bond donors (Lipinski definition) is 0. The zero-order chi connectivity index (χ0) is 12.4. The summed E-state index contributed by atoms with van der Waals surface area (Å²) in [6.07, 6.45) is 16.1.